The smallest absolute Gasteiger partial charge is 0.147 e. The summed E-state index contributed by atoms with van der Waals surface area (Å²) >= 11 is -3.86. The van der Waals surface area contributed by atoms with Gasteiger partial charge < -0.3 is 0 Å². The fraction of sp³-hybridized carbons (Fsp3) is 0.364. The molecule has 0 radical (unpaired) electrons. The van der Waals surface area contributed by atoms with Gasteiger partial charge in [-0.15, -0.1) is 24.8 Å². The molecule has 4 aromatic rings. The molecule has 0 bridgehead atoms. The summed E-state index contributed by atoms with van der Waals surface area (Å²) in [5.41, 5.74) is 15.1. The second-order valence-electron chi connectivity index (χ2n) is 14.8. The van der Waals surface area contributed by atoms with E-state index in [-0.39, 0.29) is 24.8 Å². The molecule has 0 amide bonds. The second kappa shape index (κ2) is 16.8. The van der Waals surface area contributed by atoms with Crippen LogP contribution in [0.15, 0.2) is 108 Å². The summed E-state index contributed by atoms with van der Waals surface area (Å²) in [6.45, 7) is 12.4. The zero-order chi connectivity index (χ0) is 32.2. The Hall–Kier alpha value is -1.96. The SMILES string of the molecule is CCCCC[CH2][Zr](=[SiH2])([CH2]CCCCC)([CH]1C(C)=Cc2c(-c3ccccc3)cccc21)[CH]1C(C)=Cc2c(-c3ccccc3)cccc21.Cl.Cl. The molecule has 0 aromatic heterocycles. The van der Waals surface area contributed by atoms with E-state index in [0.717, 1.165) is 0 Å². The standard InChI is InChI=1S/2C16H13.2C6H13.2ClH.H2Si.Zr/c2*1-12-10-14-8-5-9-15(16(14)11-12)13-6-3-2-4-7-13;2*1-3-5-6-4-2;;;;/h2*2-11H,1H3;2*1,3-6H2,2H3;2*1H;1H2;. The number of hydrogen-bond acceptors (Lipinski definition) is 0. The van der Waals surface area contributed by atoms with Gasteiger partial charge in [-0.2, -0.15) is 0 Å². The molecular formula is C44H56Cl2SiZr. The molecule has 2 aliphatic rings. The molecule has 0 saturated heterocycles. The number of allylic oxidation sites excluding steroid dienone is 2. The van der Waals surface area contributed by atoms with Gasteiger partial charge in [0.15, 0.2) is 0 Å². The maximum Gasteiger partial charge on any atom is -0.147 e. The van der Waals surface area contributed by atoms with Crippen LogP contribution in [0.3, 0.4) is 0 Å². The van der Waals surface area contributed by atoms with Gasteiger partial charge in [-0.05, 0) is 0 Å². The molecule has 0 heterocycles. The Bertz CT molecular complexity index is 1670. The number of unbranched alkanes of at least 4 members (excludes halogenated alkanes) is 6. The van der Waals surface area contributed by atoms with Crippen molar-refractivity contribution in [3.8, 4) is 22.3 Å². The van der Waals surface area contributed by atoms with Gasteiger partial charge in [-0.3, -0.25) is 0 Å². The zero-order valence-electron chi connectivity index (χ0n) is 29.6. The average molecular weight is 775 g/mol. The summed E-state index contributed by atoms with van der Waals surface area (Å²) in [6, 6.07) is 36.8. The van der Waals surface area contributed by atoms with E-state index >= 15 is 0 Å². The van der Waals surface area contributed by atoms with E-state index in [1.165, 1.54) is 93.0 Å². The Morgan fingerprint density at radius 1 is 0.500 bits per heavy atom. The van der Waals surface area contributed by atoms with Crippen molar-refractivity contribution in [1.82, 2.24) is 0 Å². The van der Waals surface area contributed by atoms with Gasteiger partial charge in [0.2, 0.25) is 0 Å². The maximum absolute atomic E-state index is 3.86. The zero-order valence-corrected chi connectivity index (χ0v) is 35.1. The van der Waals surface area contributed by atoms with Gasteiger partial charge in [-0.1, -0.05) is 0 Å². The van der Waals surface area contributed by atoms with Crippen LogP contribution < -0.4 is 0 Å². The quantitative estimate of drug-likeness (QED) is 0.0884. The summed E-state index contributed by atoms with van der Waals surface area (Å²) in [5.74, 6) is 0. The normalized spacial score (nSPS) is 16.7. The van der Waals surface area contributed by atoms with Crippen LogP contribution in [0.25, 0.3) is 34.4 Å². The first kappa shape index (κ1) is 38.8. The Balaban J connectivity index is 0.00000260. The van der Waals surface area contributed by atoms with E-state index < -0.39 is 17.4 Å². The number of hydrogen-bond donors (Lipinski definition) is 0. The molecule has 4 aromatic carbocycles. The van der Waals surface area contributed by atoms with Crippen molar-refractivity contribution in [1.29, 1.82) is 0 Å². The van der Waals surface area contributed by atoms with Crippen molar-refractivity contribution in [2.24, 2.45) is 0 Å². The summed E-state index contributed by atoms with van der Waals surface area (Å²) in [4.78, 5) is 0. The molecule has 2 aliphatic carbocycles. The summed E-state index contributed by atoms with van der Waals surface area (Å²) in [7, 11) is 0. The maximum atomic E-state index is 2.65. The molecule has 48 heavy (non-hydrogen) atoms. The number of fused-ring (bicyclic) bond motifs is 2. The van der Waals surface area contributed by atoms with Crippen LogP contribution in [-0.2, 0) is 17.4 Å². The largest absolute Gasteiger partial charge is 0.147 e. The van der Waals surface area contributed by atoms with Crippen LogP contribution in [0.5, 0.6) is 0 Å². The monoisotopic (exact) mass is 772 g/mol. The number of rotatable bonds is 14. The first-order valence-corrected chi connectivity index (χ1v) is 30.4. The van der Waals surface area contributed by atoms with Crippen LogP contribution in [0, 0.1) is 0 Å². The molecular weight excluding hydrogens is 719 g/mol. The molecule has 2 atom stereocenters. The van der Waals surface area contributed by atoms with Crippen molar-refractivity contribution in [3.05, 3.63) is 130 Å². The molecule has 0 N–H and O–H groups in total. The molecule has 4 heteroatoms. The number of benzene rings is 4. The van der Waals surface area contributed by atoms with E-state index in [1.807, 2.05) is 0 Å². The minimum Gasteiger partial charge on any atom is -0.147 e. The Kier molecular flexibility index (Phi) is 13.6. The van der Waals surface area contributed by atoms with Gasteiger partial charge in [0.1, 0.15) is 0 Å². The first-order chi connectivity index (χ1) is 22.4. The Morgan fingerprint density at radius 3 is 1.27 bits per heavy atom. The molecule has 0 fully saturated rings. The fourth-order valence-corrected chi connectivity index (χ4v) is 40.9. The number of halogens is 2. The topological polar surface area (TPSA) is 0 Å². The third-order valence-corrected chi connectivity index (χ3v) is 40.1. The molecule has 0 spiro atoms. The fourth-order valence-electron chi connectivity index (χ4n) is 9.79. The molecule has 0 aliphatic heterocycles. The van der Waals surface area contributed by atoms with Gasteiger partial charge >= 0.3 is 284 Å². The minimum atomic E-state index is -3.86. The molecule has 254 valence electrons. The minimum absolute atomic E-state index is 0. The van der Waals surface area contributed by atoms with Crippen LogP contribution in [0.1, 0.15) is 109 Å². The van der Waals surface area contributed by atoms with Gasteiger partial charge in [0, 0.05) is 0 Å². The molecule has 6 rings (SSSR count). The Labute approximate surface area is 306 Å². The van der Waals surface area contributed by atoms with Gasteiger partial charge in [0.25, 0.3) is 0 Å². The summed E-state index contributed by atoms with van der Waals surface area (Å²) in [5, 5.41) is 0. The van der Waals surface area contributed by atoms with Crippen molar-refractivity contribution < 1.29 is 17.4 Å². The third-order valence-electron chi connectivity index (χ3n) is 11.6. The van der Waals surface area contributed by atoms with E-state index in [4.69, 9.17) is 0 Å². The molecule has 2 unspecified atom stereocenters. The van der Waals surface area contributed by atoms with Gasteiger partial charge in [-0.25, -0.2) is 0 Å². The second-order valence-corrected chi connectivity index (χ2v) is 41.3. The summed E-state index contributed by atoms with van der Waals surface area (Å²) < 4.78 is 4.09. The van der Waals surface area contributed by atoms with Crippen molar-refractivity contribution >= 4 is 43.8 Å². The first-order valence-electron chi connectivity index (χ1n) is 18.2. The predicted molar refractivity (Wildman–Crippen MR) is 217 cm³/mol. The van der Waals surface area contributed by atoms with Crippen LogP contribution in [-0.4, -0.2) is 6.88 Å². The van der Waals surface area contributed by atoms with E-state index in [1.54, 1.807) is 22.3 Å². The van der Waals surface area contributed by atoms with E-state index in [0.29, 0.717) is 7.25 Å². The van der Waals surface area contributed by atoms with Crippen molar-refractivity contribution in [2.45, 2.75) is 94.6 Å². The van der Waals surface area contributed by atoms with Crippen molar-refractivity contribution in [2.75, 3.05) is 0 Å². The van der Waals surface area contributed by atoms with Crippen LogP contribution >= 0.6 is 24.8 Å². The third kappa shape index (κ3) is 7.26. The molecule has 0 saturated carbocycles. The van der Waals surface area contributed by atoms with Crippen LogP contribution in [0.4, 0.5) is 0 Å². The van der Waals surface area contributed by atoms with E-state index in [2.05, 4.69) is 144 Å². The van der Waals surface area contributed by atoms with Crippen molar-refractivity contribution in [3.63, 3.8) is 0 Å². The predicted octanol–water partition coefficient (Wildman–Crippen LogP) is 13.7. The summed E-state index contributed by atoms with van der Waals surface area (Å²) in [6.07, 6.45) is 16.0. The van der Waals surface area contributed by atoms with Gasteiger partial charge in [0.05, 0.1) is 0 Å². The average Bonchev–Trinajstić information content (AvgIpc) is 3.62. The Morgan fingerprint density at radius 2 is 0.896 bits per heavy atom. The van der Waals surface area contributed by atoms with Crippen LogP contribution in [0.2, 0.25) is 8.26 Å². The van der Waals surface area contributed by atoms with E-state index in [9.17, 15) is 0 Å². The molecule has 0 nitrogen and oxygen atoms in total.